The summed E-state index contributed by atoms with van der Waals surface area (Å²) in [6.45, 7) is 2.44. The normalized spacial score (nSPS) is 12.2. The van der Waals surface area contributed by atoms with Crippen LogP contribution in [-0.4, -0.2) is 17.5 Å². The minimum absolute atomic E-state index is 0.0628. The molecule has 0 aromatic heterocycles. The smallest absolute Gasteiger partial charge is 0.270 e. The maximum Gasteiger partial charge on any atom is 0.270 e. The number of halogens is 1. The van der Waals surface area contributed by atoms with Crippen molar-refractivity contribution in [3.8, 4) is 0 Å². The van der Waals surface area contributed by atoms with Gasteiger partial charge >= 0.3 is 0 Å². The van der Waals surface area contributed by atoms with E-state index < -0.39 is 4.92 Å². The molecule has 0 heterocycles. The molecule has 1 aromatic carbocycles. The number of anilines is 1. The van der Waals surface area contributed by atoms with E-state index in [0.717, 1.165) is 5.69 Å². The van der Waals surface area contributed by atoms with Crippen LogP contribution in [-0.2, 0) is 0 Å². The Balaban J connectivity index is 2.88. The molecule has 0 aliphatic carbocycles. The molecule has 5 nitrogen and oxygen atoms in total. The summed E-state index contributed by atoms with van der Waals surface area (Å²) in [4.78, 5) is 10.1. The van der Waals surface area contributed by atoms with Gasteiger partial charge in [0.1, 0.15) is 0 Å². The van der Waals surface area contributed by atoms with Gasteiger partial charge in [0.05, 0.1) is 4.92 Å². The van der Waals surface area contributed by atoms with E-state index in [-0.39, 0.29) is 11.7 Å². The summed E-state index contributed by atoms with van der Waals surface area (Å²) in [6, 6.07) is 4.71. The number of nitrogens with one attached hydrogen (secondary N) is 1. The highest BCUT2D eigenvalue weighted by atomic mass is 79.9. The third kappa shape index (κ3) is 3.17. The average molecular weight is 274 g/mol. The number of nitrogens with two attached hydrogens (primary N) is 1. The lowest BCUT2D eigenvalue weighted by molar-refractivity contribution is -0.384. The number of hydrogen-bond donors (Lipinski definition) is 2. The lowest BCUT2D eigenvalue weighted by Gasteiger charge is -2.13. The second kappa shape index (κ2) is 5.09. The minimum Gasteiger partial charge on any atom is -0.380 e. The number of benzene rings is 1. The Kier molecular flexibility index (Phi) is 4.05. The summed E-state index contributed by atoms with van der Waals surface area (Å²) in [5.74, 6) is 0. The van der Waals surface area contributed by atoms with Crippen molar-refractivity contribution in [1.29, 1.82) is 0 Å². The summed E-state index contributed by atoms with van der Waals surface area (Å²) in [5.41, 5.74) is 6.33. The number of nitrogens with zero attached hydrogens (tertiary/aromatic N) is 1. The van der Waals surface area contributed by atoms with Crippen molar-refractivity contribution >= 4 is 27.3 Å². The first-order valence-electron chi connectivity index (χ1n) is 4.45. The van der Waals surface area contributed by atoms with Crippen LogP contribution >= 0.6 is 15.9 Å². The van der Waals surface area contributed by atoms with Gasteiger partial charge in [-0.2, -0.15) is 0 Å². The summed E-state index contributed by atoms with van der Waals surface area (Å²) in [5, 5.41) is 13.6. The molecule has 15 heavy (non-hydrogen) atoms. The molecule has 0 bridgehead atoms. The molecule has 82 valence electrons. The quantitative estimate of drug-likeness (QED) is 0.650. The first-order valence-corrected chi connectivity index (χ1v) is 5.24. The van der Waals surface area contributed by atoms with Crippen LogP contribution in [0.1, 0.15) is 6.92 Å². The van der Waals surface area contributed by atoms with Crippen LogP contribution in [0.3, 0.4) is 0 Å². The molecular weight excluding hydrogens is 262 g/mol. The van der Waals surface area contributed by atoms with E-state index in [9.17, 15) is 10.1 Å². The first-order chi connectivity index (χ1) is 7.04. The Morgan fingerprint density at radius 2 is 2.33 bits per heavy atom. The van der Waals surface area contributed by atoms with E-state index in [4.69, 9.17) is 5.73 Å². The molecule has 1 unspecified atom stereocenters. The molecule has 0 aliphatic rings. The Hall–Kier alpha value is -1.14. The minimum atomic E-state index is -0.430. The topological polar surface area (TPSA) is 81.2 Å². The number of nitro benzene ring substituents is 1. The molecule has 1 atom stereocenters. The fourth-order valence-corrected chi connectivity index (χ4v) is 1.54. The molecule has 0 radical (unpaired) electrons. The van der Waals surface area contributed by atoms with Crippen LogP contribution in [0.2, 0.25) is 0 Å². The van der Waals surface area contributed by atoms with Crippen LogP contribution in [0, 0.1) is 10.1 Å². The Bertz CT molecular complexity index is 370. The van der Waals surface area contributed by atoms with E-state index >= 15 is 0 Å². The molecule has 3 N–H and O–H groups in total. The van der Waals surface area contributed by atoms with Crippen molar-refractivity contribution in [3.05, 3.63) is 32.8 Å². The van der Waals surface area contributed by atoms with Gasteiger partial charge in [0.2, 0.25) is 0 Å². The fourth-order valence-electron chi connectivity index (χ4n) is 1.06. The molecule has 1 aromatic rings. The number of non-ortho nitro benzene ring substituents is 1. The summed E-state index contributed by atoms with van der Waals surface area (Å²) < 4.78 is 0.664. The molecule has 0 spiro atoms. The monoisotopic (exact) mass is 273 g/mol. The lowest BCUT2D eigenvalue weighted by atomic mass is 10.2. The molecular formula is C9H12BrN3O2. The summed E-state index contributed by atoms with van der Waals surface area (Å²) in [6.07, 6.45) is 0. The Morgan fingerprint density at radius 3 is 2.80 bits per heavy atom. The van der Waals surface area contributed by atoms with Crippen molar-refractivity contribution in [1.82, 2.24) is 0 Å². The van der Waals surface area contributed by atoms with Crippen molar-refractivity contribution < 1.29 is 4.92 Å². The van der Waals surface area contributed by atoms with Gasteiger partial charge in [-0.3, -0.25) is 10.1 Å². The predicted octanol–water partition coefficient (Wildman–Crippen LogP) is 2.12. The van der Waals surface area contributed by atoms with Crippen molar-refractivity contribution in [2.24, 2.45) is 5.73 Å². The zero-order valence-corrected chi connectivity index (χ0v) is 9.82. The largest absolute Gasteiger partial charge is 0.380 e. The molecule has 0 aliphatic heterocycles. The molecule has 1 rings (SSSR count). The average Bonchev–Trinajstić information content (AvgIpc) is 2.20. The standard InChI is InChI=1S/C9H12BrN3O2/c1-6(5-11)12-9-3-2-7(13(14)15)4-8(9)10/h2-4,6,12H,5,11H2,1H3. The van der Waals surface area contributed by atoms with Gasteiger partial charge in [-0.15, -0.1) is 0 Å². The van der Waals surface area contributed by atoms with Crippen LogP contribution in [0.5, 0.6) is 0 Å². The van der Waals surface area contributed by atoms with Crippen molar-refractivity contribution in [3.63, 3.8) is 0 Å². The molecule has 0 amide bonds. The van der Waals surface area contributed by atoms with E-state index in [1.54, 1.807) is 6.07 Å². The fraction of sp³-hybridized carbons (Fsp3) is 0.333. The third-order valence-corrected chi connectivity index (χ3v) is 2.58. The maximum atomic E-state index is 10.5. The van der Waals surface area contributed by atoms with E-state index in [1.165, 1.54) is 12.1 Å². The van der Waals surface area contributed by atoms with E-state index in [1.807, 2.05) is 6.92 Å². The maximum absolute atomic E-state index is 10.5. The van der Waals surface area contributed by atoms with Gasteiger partial charge in [-0.05, 0) is 28.9 Å². The summed E-state index contributed by atoms with van der Waals surface area (Å²) >= 11 is 3.27. The van der Waals surface area contributed by atoms with Gasteiger partial charge in [0.25, 0.3) is 5.69 Å². The summed E-state index contributed by atoms with van der Waals surface area (Å²) in [7, 11) is 0. The van der Waals surface area contributed by atoms with Crippen LogP contribution in [0.25, 0.3) is 0 Å². The third-order valence-electron chi connectivity index (χ3n) is 1.92. The molecule has 0 saturated heterocycles. The SMILES string of the molecule is CC(CN)Nc1ccc([N+](=O)[O-])cc1Br. The van der Waals surface area contributed by atoms with Crippen LogP contribution in [0.4, 0.5) is 11.4 Å². The van der Waals surface area contributed by atoms with Crippen molar-refractivity contribution in [2.45, 2.75) is 13.0 Å². The zero-order valence-electron chi connectivity index (χ0n) is 8.24. The predicted molar refractivity (Wildman–Crippen MR) is 62.9 cm³/mol. The first kappa shape index (κ1) is 11.9. The van der Waals surface area contributed by atoms with Crippen LogP contribution in [0.15, 0.2) is 22.7 Å². The molecule has 0 fully saturated rings. The van der Waals surface area contributed by atoms with Crippen molar-refractivity contribution in [2.75, 3.05) is 11.9 Å². The Labute approximate surface area is 95.9 Å². The Morgan fingerprint density at radius 1 is 1.67 bits per heavy atom. The highest BCUT2D eigenvalue weighted by Crippen LogP contribution is 2.27. The van der Waals surface area contributed by atoms with Gasteiger partial charge in [0, 0.05) is 34.9 Å². The highest BCUT2D eigenvalue weighted by molar-refractivity contribution is 9.10. The van der Waals surface area contributed by atoms with Crippen LogP contribution < -0.4 is 11.1 Å². The number of hydrogen-bond acceptors (Lipinski definition) is 4. The zero-order chi connectivity index (χ0) is 11.4. The van der Waals surface area contributed by atoms with Gasteiger partial charge in [0.15, 0.2) is 0 Å². The second-order valence-corrected chi connectivity index (χ2v) is 4.06. The molecule has 0 saturated carbocycles. The van der Waals surface area contributed by atoms with Gasteiger partial charge in [-0.1, -0.05) is 0 Å². The highest BCUT2D eigenvalue weighted by Gasteiger charge is 2.09. The van der Waals surface area contributed by atoms with Gasteiger partial charge < -0.3 is 11.1 Å². The second-order valence-electron chi connectivity index (χ2n) is 3.20. The van der Waals surface area contributed by atoms with E-state index in [0.29, 0.717) is 11.0 Å². The lowest BCUT2D eigenvalue weighted by Crippen LogP contribution is -2.25. The molecule has 6 heteroatoms. The van der Waals surface area contributed by atoms with E-state index in [2.05, 4.69) is 21.2 Å². The van der Waals surface area contributed by atoms with Gasteiger partial charge in [-0.25, -0.2) is 0 Å². The number of nitro groups is 1. The number of rotatable bonds is 4.